The Balaban J connectivity index is 2.02. The van der Waals surface area contributed by atoms with E-state index in [0.717, 1.165) is 17.1 Å². The summed E-state index contributed by atoms with van der Waals surface area (Å²) in [7, 11) is 0. The number of hydrogen-bond donors (Lipinski definition) is 2. The van der Waals surface area contributed by atoms with Gasteiger partial charge in [-0.25, -0.2) is 0 Å². The number of hydrazine groups is 1. The van der Waals surface area contributed by atoms with Gasteiger partial charge in [-0.2, -0.15) is 13.2 Å². The molecule has 2 rings (SSSR count). The second-order valence-corrected chi connectivity index (χ2v) is 8.40. The molecule has 0 aliphatic rings. The Morgan fingerprint density at radius 1 is 1.11 bits per heavy atom. The number of nitrogens with zero attached hydrogens (tertiary/aromatic N) is 1. The molecule has 0 saturated carbocycles. The summed E-state index contributed by atoms with van der Waals surface area (Å²) >= 11 is 8.67. The molecule has 2 N–H and O–H groups in total. The van der Waals surface area contributed by atoms with E-state index in [-0.39, 0.29) is 65.4 Å². The number of benzene rings is 2. The third-order valence-corrected chi connectivity index (χ3v) is 5.08. The normalized spacial score (nSPS) is 12.2. The minimum atomic E-state index is -4.40. The number of alkyl halides is 3. The SMILES string of the molecule is NN(CC(Oc1ccc(Oc2ccc(C(F)(F)F)cc2)cc1)[C](=O)[K])C(=S)S. The quantitative estimate of drug-likeness (QED) is 0.220. The zero-order valence-corrected chi connectivity index (χ0v) is 19.5. The molecule has 1 atom stereocenters. The van der Waals surface area contributed by atoms with Gasteiger partial charge in [0.1, 0.15) is 0 Å². The van der Waals surface area contributed by atoms with Crippen molar-refractivity contribution in [2.75, 3.05) is 6.54 Å². The molecular formula is C17H14F3KN2O3S2. The molecule has 0 fully saturated rings. The summed E-state index contributed by atoms with van der Waals surface area (Å²) in [5, 5.41) is 1.15. The molecule has 0 saturated heterocycles. The van der Waals surface area contributed by atoms with Crippen LogP contribution in [0.5, 0.6) is 17.2 Å². The molecule has 5 nitrogen and oxygen atoms in total. The Kier molecular flexibility index (Phi) is 8.76. The number of ether oxygens (including phenoxy) is 2. The van der Waals surface area contributed by atoms with E-state index in [1.54, 1.807) is 24.3 Å². The average molecular weight is 455 g/mol. The van der Waals surface area contributed by atoms with E-state index < -0.39 is 17.8 Å². The van der Waals surface area contributed by atoms with Gasteiger partial charge < -0.3 is 0 Å². The molecular weight excluding hydrogens is 440 g/mol. The fourth-order valence-corrected chi connectivity index (χ4v) is 2.73. The van der Waals surface area contributed by atoms with Crippen LogP contribution in [0.25, 0.3) is 0 Å². The third-order valence-electron chi connectivity index (χ3n) is 3.58. The van der Waals surface area contributed by atoms with Gasteiger partial charge in [0.2, 0.25) is 0 Å². The first-order chi connectivity index (χ1) is 13.1. The van der Waals surface area contributed by atoms with Gasteiger partial charge in [-0.3, -0.25) is 0 Å². The van der Waals surface area contributed by atoms with Crippen LogP contribution in [-0.2, 0) is 11.0 Å². The number of hydrogen-bond acceptors (Lipinski definition) is 5. The van der Waals surface area contributed by atoms with Crippen molar-refractivity contribution in [2.24, 2.45) is 5.84 Å². The molecule has 0 radical (unpaired) electrons. The van der Waals surface area contributed by atoms with E-state index in [2.05, 4.69) is 12.6 Å². The first-order valence-electron chi connectivity index (χ1n) is 7.93. The standard InChI is InChI=1S/C17H14F3N2O3S2.K/c18-17(19,20)11-1-3-12(4-2-11)24-13-5-7-14(8-6-13)25-15(10-23)9-22(21)16(26)27;/h1-8,15H,9,21H2,(H,26,27);. The Morgan fingerprint density at radius 2 is 1.57 bits per heavy atom. The molecule has 0 bridgehead atoms. The fraction of sp³-hybridized carbons (Fsp3) is 0.176. The first kappa shape index (κ1) is 23.6. The second kappa shape index (κ2) is 10.4. The van der Waals surface area contributed by atoms with E-state index in [9.17, 15) is 18.0 Å². The van der Waals surface area contributed by atoms with Gasteiger partial charge in [0.05, 0.1) is 0 Å². The molecule has 2 aromatic rings. The summed E-state index contributed by atoms with van der Waals surface area (Å²) in [5.74, 6) is 6.75. The van der Waals surface area contributed by atoms with Crippen LogP contribution in [-0.4, -0.2) is 70.8 Å². The van der Waals surface area contributed by atoms with E-state index in [4.69, 9.17) is 27.5 Å². The molecule has 11 heteroatoms. The van der Waals surface area contributed by atoms with Gasteiger partial charge in [0, 0.05) is 0 Å². The maximum atomic E-state index is 12.6. The van der Waals surface area contributed by atoms with E-state index >= 15 is 0 Å². The zero-order valence-electron chi connectivity index (χ0n) is 14.6. The maximum absolute atomic E-state index is 12.6. The van der Waals surface area contributed by atoms with Crippen LogP contribution in [0.15, 0.2) is 48.5 Å². The van der Waals surface area contributed by atoms with Gasteiger partial charge in [0.15, 0.2) is 0 Å². The van der Waals surface area contributed by atoms with Gasteiger partial charge in [-0.1, -0.05) is 0 Å². The second-order valence-electron chi connectivity index (χ2n) is 5.75. The first-order valence-corrected chi connectivity index (χ1v) is 10.4. The Bertz CT molecular complexity index is 833. The number of carbonyl (C=O) groups excluding carboxylic acids is 1. The predicted octanol–water partition coefficient (Wildman–Crippen LogP) is 3.33. The molecule has 1 unspecified atom stereocenters. The molecule has 2 aromatic carbocycles. The van der Waals surface area contributed by atoms with Crippen molar-refractivity contribution in [3.05, 3.63) is 54.1 Å². The summed E-state index contributed by atoms with van der Waals surface area (Å²) in [4.78, 5) is 11.8. The Labute approximate surface area is 204 Å². The van der Waals surface area contributed by atoms with Gasteiger partial charge in [-0.05, 0) is 0 Å². The van der Waals surface area contributed by atoms with Crippen LogP contribution in [0.1, 0.15) is 5.56 Å². The molecule has 0 heterocycles. The van der Waals surface area contributed by atoms with Crippen LogP contribution < -0.4 is 15.3 Å². The van der Waals surface area contributed by atoms with Gasteiger partial charge in [-0.15, -0.1) is 0 Å². The summed E-state index contributed by atoms with van der Waals surface area (Å²) in [6, 6.07) is 10.7. The van der Waals surface area contributed by atoms with Crippen molar-refractivity contribution in [2.45, 2.75) is 12.3 Å². The molecule has 0 amide bonds. The topological polar surface area (TPSA) is 64.8 Å². The number of halogens is 3. The number of thiocarbonyl (C=S) groups is 1. The number of rotatable bonds is 7. The van der Waals surface area contributed by atoms with Crippen LogP contribution in [0.2, 0.25) is 0 Å². The third kappa shape index (κ3) is 7.30. The predicted molar refractivity (Wildman–Crippen MR) is 106 cm³/mol. The molecule has 28 heavy (non-hydrogen) atoms. The monoisotopic (exact) mass is 454 g/mol. The Morgan fingerprint density at radius 3 is 2.00 bits per heavy atom. The van der Waals surface area contributed by atoms with Crippen LogP contribution in [0, 0.1) is 0 Å². The number of carbonyl (C=O) groups is 1. The van der Waals surface area contributed by atoms with E-state index in [0.29, 0.717) is 11.5 Å². The van der Waals surface area contributed by atoms with Crippen molar-refractivity contribution < 1.29 is 27.4 Å². The molecule has 0 aliphatic carbocycles. The minimum absolute atomic E-state index is 0.0578. The zero-order chi connectivity index (χ0) is 20.9. The summed E-state index contributed by atoms with van der Waals surface area (Å²) in [5.41, 5.74) is -0.752. The molecule has 0 aromatic heterocycles. The van der Waals surface area contributed by atoms with Crippen LogP contribution >= 0.6 is 24.8 Å². The average Bonchev–Trinajstić information content (AvgIpc) is 2.62. The summed E-state index contributed by atoms with van der Waals surface area (Å²) in [6.07, 6.45) is -5.17. The van der Waals surface area contributed by atoms with E-state index in [1.807, 2.05) is 0 Å². The van der Waals surface area contributed by atoms with Gasteiger partial charge in [0.25, 0.3) is 0 Å². The van der Waals surface area contributed by atoms with Crippen molar-refractivity contribution in [3.63, 3.8) is 0 Å². The van der Waals surface area contributed by atoms with Crippen LogP contribution in [0.3, 0.4) is 0 Å². The molecule has 144 valence electrons. The van der Waals surface area contributed by atoms with E-state index in [1.165, 1.54) is 12.1 Å². The summed E-state index contributed by atoms with van der Waals surface area (Å²) < 4.78 is 49.0. The van der Waals surface area contributed by atoms with Crippen molar-refractivity contribution in [1.82, 2.24) is 5.01 Å². The van der Waals surface area contributed by atoms with Crippen molar-refractivity contribution in [1.29, 1.82) is 0 Å². The molecule has 0 spiro atoms. The van der Waals surface area contributed by atoms with Crippen LogP contribution in [0.4, 0.5) is 13.2 Å². The molecule has 0 aliphatic heterocycles. The summed E-state index contributed by atoms with van der Waals surface area (Å²) in [6.45, 7) is 0.0761. The van der Waals surface area contributed by atoms with Crippen molar-refractivity contribution >= 4 is 78.0 Å². The van der Waals surface area contributed by atoms with Gasteiger partial charge >= 0.3 is 193 Å². The number of thiol groups is 1. The Hall–Kier alpha value is -0.664. The van der Waals surface area contributed by atoms with Crippen molar-refractivity contribution in [3.8, 4) is 17.2 Å². The fourth-order valence-electron chi connectivity index (χ4n) is 2.10. The number of nitrogens with two attached hydrogens (primary N) is 1.